The number of nitrogens with zero attached hydrogens (tertiary/aromatic N) is 1. The number of aldehydes is 1. The third kappa shape index (κ3) is 4.55. The summed E-state index contributed by atoms with van der Waals surface area (Å²) in [7, 11) is 0. The average molecular weight is 385 g/mol. The van der Waals surface area contributed by atoms with E-state index in [0.717, 1.165) is 0 Å². The van der Waals surface area contributed by atoms with Crippen LogP contribution in [0, 0.1) is 6.92 Å². The fourth-order valence-electron chi connectivity index (χ4n) is 1.90. The second kappa shape index (κ2) is 8.25. The van der Waals surface area contributed by atoms with Crippen molar-refractivity contribution in [2.75, 3.05) is 5.32 Å². The zero-order chi connectivity index (χ0) is 17.7. The number of aryl methyl sites for hydroxylation is 1. The number of aromatic hydroxyl groups is 1. The summed E-state index contributed by atoms with van der Waals surface area (Å²) in [6, 6.07) is 5.02. The van der Waals surface area contributed by atoms with Gasteiger partial charge < -0.3 is 10.4 Å². The monoisotopic (exact) mass is 384 g/mol. The van der Waals surface area contributed by atoms with Crippen LogP contribution < -0.4 is 16.2 Å². The summed E-state index contributed by atoms with van der Waals surface area (Å²) < 4.78 is 0. The molecule has 0 aliphatic heterocycles. The van der Waals surface area contributed by atoms with Gasteiger partial charge in [-0.3, -0.25) is 15.2 Å². The molecule has 0 saturated carbocycles. The number of aromatic nitrogens is 1. The fraction of sp³-hybridized carbons (Fsp3) is 0.133. The van der Waals surface area contributed by atoms with E-state index in [9.17, 15) is 9.90 Å². The summed E-state index contributed by atoms with van der Waals surface area (Å²) in [5.41, 5.74) is 7.43. The fourth-order valence-corrected chi connectivity index (χ4v) is 2.39. The van der Waals surface area contributed by atoms with Crippen LogP contribution in [0.4, 0.5) is 5.69 Å². The summed E-state index contributed by atoms with van der Waals surface area (Å²) in [4.78, 5) is 15.0. The van der Waals surface area contributed by atoms with E-state index in [1.165, 1.54) is 6.20 Å². The Bertz CT molecular complexity index is 786. The predicted molar refractivity (Wildman–Crippen MR) is 98.7 cm³/mol. The van der Waals surface area contributed by atoms with Gasteiger partial charge in [0.05, 0.1) is 15.7 Å². The lowest BCUT2D eigenvalue weighted by Gasteiger charge is -2.14. The first-order chi connectivity index (χ1) is 11.4. The van der Waals surface area contributed by atoms with Crippen molar-refractivity contribution in [1.29, 1.82) is 0 Å². The maximum Gasteiger partial charge on any atom is 0.185 e. The van der Waals surface area contributed by atoms with Crippen molar-refractivity contribution in [2.45, 2.75) is 13.5 Å². The van der Waals surface area contributed by atoms with Gasteiger partial charge in [-0.2, -0.15) is 0 Å². The lowest BCUT2D eigenvalue weighted by atomic mass is 10.1. The number of anilines is 1. The smallest absolute Gasteiger partial charge is 0.185 e. The molecule has 2 rings (SSSR count). The topological polar surface area (TPSA) is 86.3 Å². The number of nitrogens with one attached hydrogen (secondary N) is 3. The Hall–Kier alpha value is -1.93. The van der Waals surface area contributed by atoms with Gasteiger partial charge in [0.15, 0.2) is 11.4 Å². The molecule has 1 aromatic heterocycles. The quantitative estimate of drug-likeness (QED) is 0.357. The molecule has 0 atom stereocenters. The zero-order valence-corrected chi connectivity index (χ0v) is 14.9. The Morgan fingerprint density at radius 3 is 2.79 bits per heavy atom. The van der Waals surface area contributed by atoms with E-state index in [4.69, 9.17) is 35.4 Å². The predicted octanol–water partition coefficient (Wildman–Crippen LogP) is 3.21. The SMILES string of the molecule is Cc1ncc(C=O)c(CNNC(=S)Nc2ccc(Cl)c(Cl)c2)c1O. The van der Waals surface area contributed by atoms with E-state index < -0.39 is 0 Å². The number of thiocarbonyl (C=S) groups is 1. The highest BCUT2D eigenvalue weighted by Crippen LogP contribution is 2.25. The minimum Gasteiger partial charge on any atom is -0.506 e. The summed E-state index contributed by atoms with van der Waals surface area (Å²) >= 11 is 16.9. The number of hydrogen-bond donors (Lipinski definition) is 4. The van der Waals surface area contributed by atoms with Gasteiger partial charge in [0.25, 0.3) is 0 Å². The van der Waals surface area contributed by atoms with Crippen LogP contribution in [0.3, 0.4) is 0 Å². The van der Waals surface area contributed by atoms with Gasteiger partial charge in [0.2, 0.25) is 0 Å². The van der Waals surface area contributed by atoms with Crippen molar-refractivity contribution in [1.82, 2.24) is 15.8 Å². The van der Waals surface area contributed by atoms with E-state index in [2.05, 4.69) is 21.2 Å². The molecule has 0 spiro atoms. The summed E-state index contributed by atoms with van der Waals surface area (Å²) in [6.45, 7) is 1.82. The van der Waals surface area contributed by atoms with Gasteiger partial charge in [-0.1, -0.05) is 23.2 Å². The van der Waals surface area contributed by atoms with E-state index in [-0.39, 0.29) is 17.4 Å². The number of hydrazine groups is 1. The Kier molecular flexibility index (Phi) is 6.33. The van der Waals surface area contributed by atoms with Crippen molar-refractivity contribution in [3.05, 3.63) is 51.3 Å². The summed E-state index contributed by atoms with van der Waals surface area (Å²) in [6.07, 6.45) is 2.04. The molecule has 0 amide bonds. The van der Waals surface area contributed by atoms with Crippen LogP contribution in [0.1, 0.15) is 21.6 Å². The number of halogens is 2. The van der Waals surface area contributed by atoms with E-state index >= 15 is 0 Å². The highest BCUT2D eigenvalue weighted by atomic mass is 35.5. The first kappa shape index (κ1) is 18.4. The van der Waals surface area contributed by atoms with Crippen molar-refractivity contribution < 1.29 is 9.90 Å². The zero-order valence-electron chi connectivity index (χ0n) is 12.6. The molecule has 0 unspecified atom stereocenters. The standard InChI is InChI=1S/C15H14Cl2N4O2S/c1-8-14(23)11(9(7-22)5-18-8)6-19-21-15(24)20-10-2-3-12(16)13(17)4-10/h2-5,7,19,23H,6H2,1H3,(H2,20,21,24). The van der Waals surface area contributed by atoms with Gasteiger partial charge in [-0.05, 0) is 37.3 Å². The van der Waals surface area contributed by atoms with Gasteiger partial charge in [0.1, 0.15) is 5.75 Å². The summed E-state index contributed by atoms with van der Waals surface area (Å²) in [5.74, 6) is -0.0303. The van der Waals surface area contributed by atoms with Crippen molar-refractivity contribution in [3.8, 4) is 5.75 Å². The number of pyridine rings is 1. The molecule has 0 fully saturated rings. The third-order valence-corrected chi connectivity index (χ3v) is 4.09. The Morgan fingerprint density at radius 1 is 1.38 bits per heavy atom. The van der Waals surface area contributed by atoms with Gasteiger partial charge >= 0.3 is 0 Å². The Morgan fingerprint density at radius 2 is 2.12 bits per heavy atom. The molecule has 0 radical (unpaired) electrons. The molecule has 1 heterocycles. The minimum absolute atomic E-state index is 0.0303. The Balaban J connectivity index is 1.94. The van der Waals surface area contributed by atoms with E-state index in [1.54, 1.807) is 25.1 Å². The molecule has 9 heteroatoms. The number of benzene rings is 1. The van der Waals surface area contributed by atoms with E-state index in [1.807, 2.05) is 0 Å². The van der Waals surface area contributed by atoms with Crippen molar-refractivity contribution >= 4 is 52.5 Å². The molecule has 24 heavy (non-hydrogen) atoms. The van der Waals surface area contributed by atoms with Crippen molar-refractivity contribution in [3.63, 3.8) is 0 Å². The summed E-state index contributed by atoms with van der Waals surface area (Å²) in [5, 5.41) is 14.1. The molecule has 0 aliphatic carbocycles. The number of carbonyl (C=O) groups is 1. The van der Waals surface area contributed by atoms with Crippen LogP contribution >= 0.6 is 35.4 Å². The molecule has 2 aromatic rings. The average Bonchev–Trinajstić information content (AvgIpc) is 2.55. The van der Waals surface area contributed by atoms with Crippen LogP contribution in [0.15, 0.2) is 24.4 Å². The normalized spacial score (nSPS) is 10.3. The second-order valence-electron chi connectivity index (χ2n) is 4.81. The number of carbonyl (C=O) groups excluding carboxylic acids is 1. The molecular formula is C15H14Cl2N4O2S. The van der Waals surface area contributed by atoms with Crippen LogP contribution in [0.5, 0.6) is 5.75 Å². The molecule has 4 N–H and O–H groups in total. The number of hydrogen-bond acceptors (Lipinski definition) is 5. The van der Waals surface area contributed by atoms with Gasteiger partial charge in [-0.25, -0.2) is 5.43 Å². The highest BCUT2D eigenvalue weighted by Gasteiger charge is 2.11. The van der Waals surface area contributed by atoms with Gasteiger partial charge in [-0.15, -0.1) is 0 Å². The van der Waals surface area contributed by atoms with Gasteiger partial charge in [0, 0.05) is 29.6 Å². The molecule has 6 nitrogen and oxygen atoms in total. The molecular weight excluding hydrogens is 371 g/mol. The molecule has 126 valence electrons. The minimum atomic E-state index is -0.0303. The van der Waals surface area contributed by atoms with Crippen molar-refractivity contribution in [2.24, 2.45) is 0 Å². The molecule has 1 aromatic carbocycles. The number of rotatable bonds is 5. The second-order valence-corrected chi connectivity index (χ2v) is 6.03. The third-order valence-electron chi connectivity index (χ3n) is 3.15. The lowest BCUT2D eigenvalue weighted by Crippen LogP contribution is -2.39. The van der Waals surface area contributed by atoms with Crippen LogP contribution in [0.2, 0.25) is 10.0 Å². The van der Waals surface area contributed by atoms with Crippen LogP contribution in [-0.4, -0.2) is 21.5 Å². The maximum absolute atomic E-state index is 11.0. The lowest BCUT2D eigenvalue weighted by molar-refractivity contribution is 0.112. The maximum atomic E-state index is 11.0. The van der Waals surface area contributed by atoms with Crippen LogP contribution in [-0.2, 0) is 6.54 Å². The molecule has 0 bridgehead atoms. The Labute approximate surface area is 154 Å². The largest absolute Gasteiger partial charge is 0.506 e. The van der Waals surface area contributed by atoms with E-state index in [0.29, 0.717) is 38.8 Å². The molecule has 0 saturated heterocycles. The first-order valence-corrected chi connectivity index (χ1v) is 7.96. The first-order valence-electron chi connectivity index (χ1n) is 6.80. The van der Waals surface area contributed by atoms with Crippen LogP contribution in [0.25, 0.3) is 0 Å². The molecule has 0 aliphatic rings. The highest BCUT2D eigenvalue weighted by molar-refractivity contribution is 7.80.